The molecule has 0 N–H and O–H groups in total. The molecule has 0 radical (unpaired) electrons. The minimum Gasteiger partial charge on any atom is -0.252 e. The van der Waals surface area contributed by atoms with E-state index in [0.717, 1.165) is 35.6 Å². The van der Waals surface area contributed by atoms with Gasteiger partial charge in [-0.15, -0.1) is 10.2 Å². The van der Waals surface area contributed by atoms with Gasteiger partial charge >= 0.3 is 0 Å². The molecular weight excluding hydrogens is 252 g/mol. The zero-order chi connectivity index (χ0) is 13.9. The van der Waals surface area contributed by atoms with Gasteiger partial charge in [0, 0.05) is 24.2 Å². The van der Waals surface area contributed by atoms with E-state index < -0.39 is 0 Å². The van der Waals surface area contributed by atoms with Crippen molar-refractivity contribution < 1.29 is 0 Å². The lowest BCUT2D eigenvalue weighted by Crippen LogP contribution is -1.93. The molecule has 0 spiro atoms. The summed E-state index contributed by atoms with van der Waals surface area (Å²) in [4.78, 5) is 0. The lowest BCUT2D eigenvalue weighted by Gasteiger charge is -1.98. The molecule has 2 aromatic heterocycles. The molecular formula is C14H16N6. The molecule has 0 aliphatic heterocycles. The van der Waals surface area contributed by atoms with Crippen molar-refractivity contribution in [1.29, 1.82) is 0 Å². The molecule has 0 amide bonds. The Labute approximate surface area is 117 Å². The van der Waals surface area contributed by atoms with E-state index in [-0.39, 0.29) is 0 Å². The van der Waals surface area contributed by atoms with Gasteiger partial charge in [0.15, 0.2) is 0 Å². The third-order valence-corrected chi connectivity index (χ3v) is 3.20. The van der Waals surface area contributed by atoms with Gasteiger partial charge in [0.1, 0.15) is 11.4 Å². The highest BCUT2D eigenvalue weighted by Crippen LogP contribution is 2.21. The van der Waals surface area contributed by atoms with Gasteiger partial charge in [-0.05, 0) is 13.8 Å². The molecule has 0 saturated carbocycles. The van der Waals surface area contributed by atoms with Crippen LogP contribution < -0.4 is 0 Å². The summed E-state index contributed by atoms with van der Waals surface area (Å²) in [7, 11) is 0. The Hall–Kier alpha value is -2.50. The van der Waals surface area contributed by atoms with E-state index in [1.807, 2.05) is 59.9 Å². The number of nitrogens with zero attached hydrogens (tertiary/aromatic N) is 6. The van der Waals surface area contributed by atoms with Crippen molar-refractivity contribution in [2.75, 3.05) is 0 Å². The number of hydrogen-bond acceptors (Lipinski definition) is 4. The second-order valence-corrected chi connectivity index (χ2v) is 4.50. The van der Waals surface area contributed by atoms with Crippen LogP contribution in [0.25, 0.3) is 22.5 Å². The largest absolute Gasteiger partial charge is 0.252 e. The van der Waals surface area contributed by atoms with Crippen LogP contribution >= 0.6 is 0 Å². The maximum atomic E-state index is 4.16. The van der Waals surface area contributed by atoms with Gasteiger partial charge in [-0.1, -0.05) is 34.7 Å². The molecule has 6 heteroatoms. The van der Waals surface area contributed by atoms with Crippen LogP contribution in [0.15, 0.2) is 36.7 Å². The van der Waals surface area contributed by atoms with Crippen molar-refractivity contribution in [3.63, 3.8) is 0 Å². The van der Waals surface area contributed by atoms with Crippen LogP contribution in [-0.2, 0) is 13.1 Å². The quantitative estimate of drug-likeness (QED) is 0.728. The maximum Gasteiger partial charge on any atom is 0.113 e. The third-order valence-electron chi connectivity index (χ3n) is 3.20. The molecule has 0 atom stereocenters. The molecule has 0 fully saturated rings. The first-order valence-electron chi connectivity index (χ1n) is 6.71. The average Bonchev–Trinajstić information content (AvgIpc) is 3.16. The number of benzene rings is 1. The molecule has 102 valence electrons. The molecule has 2 heterocycles. The Balaban J connectivity index is 1.87. The zero-order valence-corrected chi connectivity index (χ0v) is 11.6. The Morgan fingerprint density at radius 3 is 1.45 bits per heavy atom. The monoisotopic (exact) mass is 268 g/mol. The summed E-state index contributed by atoms with van der Waals surface area (Å²) in [5.41, 5.74) is 3.87. The lowest BCUT2D eigenvalue weighted by molar-refractivity contribution is 0.627. The zero-order valence-electron chi connectivity index (χ0n) is 11.6. The highest BCUT2D eigenvalue weighted by molar-refractivity contribution is 5.65. The van der Waals surface area contributed by atoms with Crippen LogP contribution in [0.2, 0.25) is 0 Å². The predicted molar refractivity (Wildman–Crippen MR) is 75.8 cm³/mol. The van der Waals surface area contributed by atoms with Crippen LogP contribution in [0, 0.1) is 0 Å². The number of hydrogen-bond donors (Lipinski definition) is 0. The average molecular weight is 268 g/mol. The highest BCUT2D eigenvalue weighted by Gasteiger charge is 2.06. The number of rotatable bonds is 4. The fourth-order valence-corrected chi connectivity index (χ4v) is 1.98. The Kier molecular flexibility index (Phi) is 3.28. The minimum atomic E-state index is 0.825. The van der Waals surface area contributed by atoms with E-state index in [0.29, 0.717) is 0 Å². The Bertz CT molecular complexity index is 633. The molecule has 0 saturated heterocycles. The first kappa shape index (κ1) is 12.5. The fraction of sp³-hybridized carbons (Fsp3) is 0.286. The molecule has 1 aromatic carbocycles. The van der Waals surface area contributed by atoms with E-state index >= 15 is 0 Å². The summed E-state index contributed by atoms with van der Waals surface area (Å²) < 4.78 is 3.63. The van der Waals surface area contributed by atoms with Crippen LogP contribution in [-0.4, -0.2) is 30.0 Å². The van der Waals surface area contributed by atoms with Crippen LogP contribution in [0.1, 0.15) is 13.8 Å². The van der Waals surface area contributed by atoms with E-state index in [9.17, 15) is 0 Å². The molecule has 20 heavy (non-hydrogen) atoms. The summed E-state index contributed by atoms with van der Waals surface area (Å²) in [5, 5.41) is 16.4. The normalized spacial score (nSPS) is 10.9. The number of aromatic nitrogens is 6. The second kappa shape index (κ2) is 5.24. The Morgan fingerprint density at radius 2 is 1.15 bits per heavy atom. The van der Waals surface area contributed by atoms with Crippen LogP contribution in [0.4, 0.5) is 0 Å². The standard InChI is InChI=1S/C14H16N6/c1-3-19-9-13(15-17-19)11-5-7-12(8-6-11)14-10-20(4-2)18-16-14/h5-10H,3-4H2,1-2H3. The smallest absolute Gasteiger partial charge is 0.113 e. The van der Waals surface area contributed by atoms with Gasteiger partial charge in [0.2, 0.25) is 0 Å². The van der Waals surface area contributed by atoms with Crippen molar-refractivity contribution in [2.45, 2.75) is 26.9 Å². The van der Waals surface area contributed by atoms with Crippen molar-refractivity contribution in [3.05, 3.63) is 36.7 Å². The van der Waals surface area contributed by atoms with Gasteiger partial charge < -0.3 is 0 Å². The third kappa shape index (κ3) is 2.32. The van der Waals surface area contributed by atoms with Gasteiger partial charge in [0.25, 0.3) is 0 Å². The van der Waals surface area contributed by atoms with Gasteiger partial charge in [0.05, 0.1) is 12.4 Å². The van der Waals surface area contributed by atoms with Gasteiger partial charge in [-0.2, -0.15) is 0 Å². The summed E-state index contributed by atoms with van der Waals surface area (Å²) >= 11 is 0. The van der Waals surface area contributed by atoms with Crippen molar-refractivity contribution in [2.24, 2.45) is 0 Å². The van der Waals surface area contributed by atoms with E-state index in [1.165, 1.54) is 0 Å². The van der Waals surface area contributed by atoms with Gasteiger partial charge in [-0.25, -0.2) is 0 Å². The summed E-state index contributed by atoms with van der Waals surface area (Å²) in [6.45, 7) is 5.73. The SMILES string of the molecule is CCn1cc(-c2ccc(-c3cn(CC)nn3)cc2)nn1. The van der Waals surface area contributed by atoms with Gasteiger partial charge in [-0.3, -0.25) is 9.36 Å². The predicted octanol–water partition coefficient (Wildman–Crippen LogP) is 2.24. The minimum absolute atomic E-state index is 0.825. The van der Waals surface area contributed by atoms with E-state index in [4.69, 9.17) is 0 Å². The van der Waals surface area contributed by atoms with Crippen molar-refractivity contribution in [1.82, 2.24) is 30.0 Å². The summed E-state index contributed by atoms with van der Waals surface area (Å²) in [6, 6.07) is 8.13. The van der Waals surface area contributed by atoms with E-state index in [2.05, 4.69) is 20.6 Å². The molecule has 0 aliphatic rings. The summed E-state index contributed by atoms with van der Waals surface area (Å²) in [5.74, 6) is 0. The Morgan fingerprint density at radius 1 is 0.750 bits per heavy atom. The van der Waals surface area contributed by atoms with Crippen molar-refractivity contribution in [3.8, 4) is 22.5 Å². The summed E-state index contributed by atoms with van der Waals surface area (Å²) in [6.07, 6.45) is 3.89. The molecule has 0 bridgehead atoms. The highest BCUT2D eigenvalue weighted by atomic mass is 15.4. The first-order valence-corrected chi connectivity index (χ1v) is 6.71. The molecule has 0 aliphatic carbocycles. The maximum absolute atomic E-state index is 4.16. The second-order valence-electron chi connectivity index (χ2n) is 4.50. The van der Waals surface area contributed by atoms with Crippen LogP contribution in [0.5, 0.6) is 0 Å². The fourth-order valence-electron chi connectivity index (χ4n) is 1.98. The van der Waals surface area contributed by atoms with Crippen LogP contribution in [0.3, 0.4) is 0 Å². The van der Waals surface area contributed by atoms with Crippen molar-refractivity contribution >= 4 is 0 Å². The first-order chi connectivity index (χ1) is 9.80. The topological polar surface area (TPSA) is 61.4 Å². The molecule has 0 unspecified atom stereocenters. The number of aryl methyl sites for hydroxylation is 2. The lowest BCUT2D eigenvalue weighted by atomic mass is 10.1. The molecule has 6 nitrogen and oxygen atoms in total. The molecule has 3 aromatic rings. The van der Waals surface area contributed by atoms with E-state index in [1.54, 1.807) is 0 Å². The molecule has 3 rings (SSSR count).